The van der Waals surface area contributed by atoms with Crippen molar-refractivity contribution < 1.29 is 23.6 Å². The Hall–Kier alpha value is -4.38. The normalized spacial score (nSPS) is 13.1. The van der Waals surface area contributed by atoms with Gasteiger partial charge in [0.15, 0.2) is 17.3 Å². The van der Waals surface area contributed by atoms with Crippen LogP contribution in [0.4, 0.5) is 11.4 Å². The van der Waals surface area contributed by atoms with Gasteiger partial charge in [-0.05, 0) is 30.3 Å². The Labute approximate surface area is 190 Å². The summed E-state index contributed by atoms with van der Waals surface area (Å²) < 4.78 is 23.1. The summed E-state index contributed by atoms with van der Waals surface area (Å²) in [6.07, 6.45) is 2.95. The maximum absolute atomic E-state index is 11.6. The Kier molecular flexibility index (Phi) is 5.37. The third-order valence-electron chi connectivity index (χ3n) is 4.79. The molecule has 0 atom stereocenters. The topological polar surface area (TPSA) is 114 Å². The van der Waals surface area contributed by atoms with Crippen molar-refractivity contribution in [1.29, 1.82) is 0 Å². The highest BCUT2D eigenvalue weighted by Gasteiger charge is 2.22. The van der Waals surface area contributed by atoms with Crippen LogP contribution in [0, 0.1) is 10.1 Å². The van der Waals surface area contributed by atoms with Crippen LogP contribution in [0.2, 0.25) is 0 Å². The van der Waals surface area contributed by atoms with Gasteiger partial charge in [-0.2, -0.15) is 5.10 Å². The van der Waals surface area contributed by atoms with E-state index in [0.29, 0.717) is 39.2 Å². The van der Waals surface area contributed by atoms with Gasteiger partial charge in [-0.25, -0.2) is 9.67 Å². The van der Waals surface area contributed by atoms with Crippen LogP contribution in [0.3, 0.4) is 0 Å². The Morgan fingerprint density at radius 2 is 2.00 bits per heavy atom. The van der Waals surface area contributed by atoms with Crippen molar-refractivity contribution in [3.8, 4) is 28.7 Å². The second-order valence-electron chi connectivity index (χ2n) is 6.74. The number of aromatic nitrogens is 1. The number of ether oxygens (including phenoxy) is 3. The summed E-state index contributed by atoms with van der Waals surface area (Å²) >= 11 is 1.34. The van der Waals surface area contributed by atoms with E-state index in [9.17, 15) is 10.1 Å². The van der Waals surface area contributed by atoms with Gasteiger partial charge < -0.3 is 18.6 Å². The van der Waals surface area contributed by atoms with Crippen LogP contribution in [0.25, 0.3) is 11.5 Å². The second kappa shape index (κ2) is 8.63. The number of thiazole rings is 1. The van der Waals surface area contributed by atoms with Crippen LogP contribution in [-0.4, -0.2) is 29.7 Å². The molecule has 1 aliphatic rings. The third-order valence-corrected chi connectivity index (χ3v) is 5.61. The summed E-state index contributed by atoms with van der Waals surface area (Å²) in [5.74, 6) is 1.92. The van der Waals surface area contributed by atoms with E-state index in [4.69, 9.17) is 23.6 Å². The Balaban J connectivity index is 1.65. The van der Waals surface area contributed by atoms with E-state index in [0.717, 1.165) is 0 Å². The Morgan fingerprint density at radius 3 is 2.76 bits per heavy atom. The fourth-order valence-electron chi connectivity index (χ4n) is 3.24. The molecule has 5 rings (SSSR count). The number of fused-ring (bicyclic) bond motifs is 1. The van der Waals surface area contributed by atoms with E-state index in [1.807, 2.05) is 29.6 Å². The van der Waals surface area contributed by atoms with Crippen molar-refractivity contribution in [2.45, 2.75) is 0 Å². The second-order valence-corrected chi connectivity index (χ2v) is 7.58. The third kappa shape index (κ3) is 3.96. The zero-order valence-corrected chi connectivity index (χ0v) is 18.0. The molecule has 0 radical (unpaired) electrons. The summed E-state index contributed by atoms with van der Waals surface area (Å²) in [7, 11) is 1.57. The molecule has 0 spiro atoms. The average molecular weight is 464 g/mol. The first kappa shape index (κ1) is 20.5. The molecule has 1 aliphatic heterocycles. The number of furan rings is 1. The molecule has 0 bridgehead atoms. The van der Waals surface area contributed by atoms with Crippen molar-refractivity contribution in [2.75, 3.05) is 13.9 Å². The van der Waals surface area contributed by atoms with Gasteiger partial charge in [-0.3, -0.25) is 10.1 Å². The van der Waals surface area contributed by atoms with E-state index < -0.39 is 4.92 Å². The highest BCUT2D eigenvalue weighted by Crippen LogP contribution is 2.37. The molecule has 10 nitrogen and oxygen atoms in total. The maximum Gasteiger partial charge on any atom is 0.282 e. The van der Waals surface area contributed by atoms with Gasteiger partial charge in [0.1, 0.15) is 17.1 Å². The van der Waals surface area contributed by atoms with Crippen LogP contribution < -0.4 is 19.0 Å². The molecule has 2 aromatic carbocycles. The SMILES string of the molecule is COc1ccccc1N=c1scc(-c2ccco2)n1N=Cc1cc2c(cc1[N+](=O)[O-])OCO2. The summed E-state index contributed by atoms with van der Waals surface area (Å²) in [5, 5.41) is 18.0. The lowest BCUT2D eigenvalue weighted by Crippen LogP contribution is -2.11. The van der Waals surface area contributed by atoms with Crippen molar-refractivity contribution in [2.24, 2.45) is 10.1 Å². The molecule has 0 unspecified atom stereocenters. The lowest BCUT2D eigenvalue weighted by molar-refractivity contribution is -0.385. The van der Waals surface area contributed by atoms with E-state index in [2.05, 4.69) is 5.10 Å². The van der Waals surface area contributed by atoms with Crippen LogP contribution in [-0.2, 0) is 0 Å². The molecular formula is C22H16N4O6S. The first-order valence-corrected chi connectivity index (χ1v) is 10.6. The van der Waals surface area contributed by atoms with E-state index >= 15 is 0 Å². The van der Waals surface area contributed by atoms with Gasteiger partial charge in [0, 0.05) is 5.38 Å². The number of benzene rings is 2. The van der Waals surface area contributed by atoms with Crippen LogP contribution in [0.5, 0.6) is 17.2 Å². The fourth-order valence-corrected chi connectivity index (χ4v) is 4.07. The minimum Gasteiger partial charge on any atom is -0.494 e. The molecule has 0 amide bonds. The predicted molar refractivity (Wildman–Crippen MR) is 120 cm³/mol. The molecule has 166 valence electrons. The van der Waals surface area contributed by atoms with E-state index in [1.165, 1.54) is 29.7 Å². The summed E-state index contributed by atoms with van der Waals surface area (Å²) in [6.45, 7) is 0.0109. The number of nitrogens with zero attached hydrogens (tertiary/aromatic N) is 4. The van der Waals surface area contributed by atoms with Crippen molar-refractivity contribution in [1.82, 2.24) is 4.68 Å². The number of methoxy groups -OCH3 is 1. The number of nitro groups is 1. The minimum atomic E-state index is -0.491. The maximum atomic E-state index is 11.6. The van der Waals surface area contributed by atoms with Crippen molar-refractivity contribution in [3.63, 3.8) is 0 Å². The number of hydrogen-bond acceptors (Lipinski definition) is 9. The largest absolute Gasteiger partial charge is 0.494 e. The molecule has 0 aliphatic carbocycles. The quantitative estimate of drug-likeness (QED) is 0.235. The van der Waals surface area contributed by atoms with Crippen molar-refractivity contribution >= 4 is 28.9 Å². The molecule has 0 fully saturated rings. The highest BCUT2D eigenvalue weighted by atomic mass is 32.1. The highest BCUT2D eigenvalue weighted by molar-refractivity contribution is 7.07. The number of para-hydroxylation sites is 2. The average Bonchev–Trinajstić information content (AvgIpc) is 3.58. The van der Waals surface area contributed by atoms with Gasteiger partial charge >= 0.3 is 0 Å². The molecule has 0 saturated carbocycles. The van der Waals surface area contributed by atoms with Gasteiger partial charge in [0.25, 0.3) is 5.69 Å². The standard InChI is InChI=1S/C22H16N4O6S/c1-29-18-6-3-2-5-15(18)24-22-25(17(12-33-22)19-7-4-8-30-19)23-11-14-9-20-21(32-13-31-20)10-16(14)26(27)28/h2-12H,13H2,1H3. The first-order valence-electron chi connectivity index (χ1n) is 9.68. The molecular weight excluding hydrogens is 448 g/mol. The van der Waals surface area contributed by atoms with Crippen LogP contribution in [0.15, 0.2) is 74.7 Å². The summed E-state index contributed by atoms with van der Waals surface area (Å²) in [6, 6.07) is 13.8. The van der Waals surface area contributed by atoms with Crippen LogP contribution >= 0.6 is 11.3 Å². The first-order chi connectivity index (χ1) is 16.1. The molecule has 0 saturated heterocycles. The van der Waals surface area contributed by atoms with Gasteiger partial charge in [0.2, 0.25) is 11.6 Å². The fraction of sp³-hybridized carbons (Fsp3) is 0.0909. The predicted octanol–water partition coefficient (Wildman–Crippen LogP) is 4.57. The van der Waals surface area contributed by atoms with Gasteiger partial charge in [0.05, 0.1) is 36.1 Å². The summed E-state index contributed by atoms with van der Waals surface area (Å²) in [5.41, 5.74) is 1.36. The zero-order valence-electron chi connectivity index (χ0n) is 17.2. The smallest absolute Gasteiger partial charge is 0.282 e. The van der Waals surface area contributed by atoms with Crippen molar-refractivity contribution in [3.05, 3.63) is 80.7 Å². The van der Waals surface area contributed by atoms with Gasteiger partial charge in [-0.15, -0.1) is 11.3 Å². The van der Waals surface area contributed by atoms with Gasteiger partial charge in [-0.1, -0.05) is 12.1 Å². The molecule has 2 aromatic heterocycles. The minimum absolute atomic E-state index is 0.0109. The Bertz CT molecular complexity index is 1420. The molecule has 3 heterocycles. The Morgan fingerprint density at radius 1 is 1.18 bits per heavy atom. The lowest BCUT2D eigenvalue weighted by Gasteiger charge is -2.04. The number of rotatable bonds is 6. The number of hydrogen-bond donors (Lipinski definition) is 0. The van der Waals surface area contributed by atoms with E-state index in [-0.39, 0.29) is 18.0 Å². The molecule has 11 heteroatoms. The molecule has 0 N–H and O–H groups in total. The van der Waals surface area contributed by atoms with E-state index in [1.54, 1.807) is 30.2 Å². The van der Waals surface area contributed by atoms with Crippen LogP contribution in [0.1, 0.15) is 5.56 Å². The summed E-state index contributed by atoms with van der Waals surface area (Å²) in [4.78, 5) is 16.3. The number of nitro benzene ring substituents is 1. The zero-order chi connectivity index (χ0) is 22.8. The molecule has 33 heavy (non-hydrogen) atoms. The lowest BCUT2D eigenvalue weighted by atomic mass is 10.1. The molecule has 4 aromatic rings. The monoisotopic (exact) mass is 464 g/mol.